The maximum atomic E-state index is 13.1. The summed E-state index contributed by atoms with van der Waals surface area (Å²) in [6.45, 7) is 0. The van der Waals surface area contributed by atoms with Crippen LogP contribution in [0, 0.1) is 23.7 Å². The standard InChI is InChI=1S/C24H20N2O3/c27-23(20-15-9-10-16(13-15)21(20)24(28)29)26-19-8-4-7-18-17(11-12-25-22(18)19)14-5-2-1-3-6-14/h1-12,15-16,20-21H,13H2,(H,26,27)(H,28,29)/t15-,16+,20+,21+/m1/s1. The normalized spacial score (nSPS) is 24.7. The van der Waals surface area contributed by atoms with Crippen LogP contribution in [0.1, 0.15) is 6.42 Å². The van der Waals surface area contributed by atoms with E-state index in [1.54, 1.807) is 6.20 Å². The van der Waals surface area contributed by atoms with Crippen molar-refractivity contribution >= 4 is 28.5 Å². The number of aliphatic carboxylic acids is 1. The van der Waals surface area contributed by atoms with Gasteiger partial charge in [-0.1, -0.05) is 54.6 Å². The molecule has 0 radical (unpaired) electrons. The predicted molar refractivity (Wildman–Crippen MR) is 111 cm³/mol. The van der Waals surface area contributed by atoms with Gasteiger partial charge in [-0.3, -0.25) is 14.6 Å². The van der Waals surface area contributed by atoms with Crippen LogP contribution in [0.15, 0.2) is 72.9 Å². The molecule has 1 fully saturated rings. The molecule has 2 bridgehead atoms. The Labute approximate surface area is 168 Å². The van der Waals surface area contributed by atoms with Crippen molar-refractivity contribution in [3.63, 3.8) is 0 Å². The molecule has 5 heteroatoms. The molecule has 0 spiro atoms. The zero-order valence-electron chi connectivity index (χ0n) is 15.7. The number of carbonyl (C=O) groups excluding carboxylic acids is 1. The van der Waals surface area contributed by atoms with Crippen molar-refractivity contribution in [1.82, 2.24) is 4.98 Å². The number of aromatic nitrogens is 1. The Morgan fingerprint density at radius 3 is 2.45 bits per heavy atom. The lowest BCUT2D eigenvalue weighted by Gasteiger charge is -2.24. The van der Waals surface area contributed by atoms with Gasteiger partial charge in [0.1, 0.15) is 0 Å². The number of fused-ring (bicyclic) bond motifs is 3. The Hall–Kier alpha value is -3.47. The number of benzene rings is 2. The summed E-state index contributed by atoms with van der Waals surface area (Å²) in [5.74, 6) is -2.41. The van der Waals surface area contributed by atoms with Crippen molar-refractivity contribution < 1.29 is 14.7 Å². The first-order chi connectivity index (χ1) is 14.1. The third kappa shape index (κ3) is 2.90. The van der Waals surface area contributed by atoms with Crippen LogP contribution in [0.4, 0.5) is 5.69 Å². The van der Waals surface area contributed by atoms with Gasteiger partial charge >= 0.3 is 5.97 Å². The minimum atomic E-state index is -0.899. The van der Waals surface area contributed by atoms with Gasteiger partial charge < -0.3 is 10.4 Å². The van der Waals surface area contributed by atoms with Crippen molar-refractivity contribution in [2.75, 3.05) is 5.32 Å². The highest BCUT2D eigenvalue weighted by Crippen LogP contribution is 2.48. The molecular formula is C24H20N2O3. The molecule has 1 saturated carbocycles. The minimum absolute atomic E-state index is 0.0103. The van der Waals surface area contributed by atoms with E-state index in [1.165, 1.54) is 0 Å². The Bertz CT molecular complexity index is 1140. The van der Waals surface area contributed by atoms with Gasteiger partial charge in [-0.05, 0) is 41.5 Å². The van der Waals surface area contributed by atoms with Crippen molar-refractivity contribution in [3.8, 4) is 11.1 Å². The first-order valence-electron chi connectivity index (χ1n) is 9.78. The molecule has 1 heterocycles. The monoisotopic (exact) mass is 384 g/mol. The molecular weight excluding hydrogens is 364 g/mol. The second-order valence-electron chi connectivity index (χ2n) is 7.75. The highest BCUT2D eigenvalue weighted by Gasteiger charge is 2.51. The highest BCUT2D eigenvalue weighted by atomic mass is 16.4. The second-order valence-corrected chi connectivity index (χ2v) is 7.75. The van der Waals surface area contributed by atoms with Crippen molar-refractivity contribution in [1.29, 1.82) is 0 Å². The van der Waals surface area contributed by atoms with E-state index in [0.29, 0.717) is 11.2 Å². The lowest BCUT2D eigenvalue weighted by Crippen LogP contribution is -2.36. The van der Waals surface area contributed by atoms with Crippen LogP contribution in [0.25, 0.3) is 22.0 Å². The zero-order valence-corrected chi connectivity index (χ0v) is 15.7. The third-order valence-electron chi connectivity index (χ3n) is 6.16. The van der Waals surface area contributed by atoms with Gasteiger partial charge in [0.25, 0.3) is 0 Å². The van der Waals surface area contributed by atoms with Gasteiger partial charge in [0.15, 0.2) is 0 Å². The molecule has 0 saturated heterocycles. The average molecular weight is 384 g/mol. The second kappa shape index (κ2) is 6.85. The minimum Gasteiger partial charge on any atom is -0.481 e. The molecule has 144 valence electrons. The van der Waals surface area contributed by atoms with Gasteiger partial charge in [0.05, 0.1) is 23.0 Å². The molecule has 1 amide bonds. The topological polar surface area (TPSA) is 79.3 Å². The Morgan fingerprint density at radius 2 is 1.69 bits per heavy atom. The number of carboxylic acids is 1. The van der Waals surface area contributed by atoms with E-state index in [0.717, 1.165) is 22.9 Å². The fourth-order valence-electron chi connectivity index (χ4n) is 4.88. The summed E-state index contributed by atoms with van der Waals surface area (Å²) < 4.78 is 0. The summed E-state index contributed by atoms with van der Waals surface area (Å²) in [6, 6.07) is 17.7. The van der Waals surface area contributed by atoms with Crippen LogP contribution in [-0.2, 0) is 9.59 Å². The summed E-state index contributed by atoms with van der Waals surface area (Å²) in [7, 11) is 0. The van der Waals surface area contributed by atoms with Crippen LogP contribution < -0.4 is 5.32 Å². The zero-order chi connectivity index (χ0) is 20.0. The SMILES string of the molecule is O=C(Nc1cccc2c(-c3ccccc3)ccnc12)[C@@H]1[C@@H](C(=O)O)[C@H]2C=C[C@@H]1C2. The summed E-state index contributed by atoms with van der Waals surface area (Å²) in [5.41, 5.74) is 3.43. The van der Waals surface area contributed by atoms with Gasteiger partial charge in [-0.25, -0.2) is 0 Å². The molecule has 5 rings (SSSR count). The number of para-hydroxylation sites is 1. The average Bonchev–Trinajstić information content (AvgIpc) is 3.36. The van der Waals surface area contributed by atoms with Crippen LogP contribution >= 0.6 is 0 Å². The van der Waals surface area contributed by atoms with Crippen molar-refractivity contribution in [2.45, 2.75) is 6.42 Å². The number of carboxylic acid groups (broad SMARTS) is 1. The lowest BCUT2D eigenvalue weighted by atomic mass is 9.82. The maximum Gasteiger partial charge on any atom is 0.307 e. The number of nitrogens with zero attached hydrogens (tertiary/aromatic N) is 1. The van der Waals surface area contributed by atoms with E-state index in [2.05, 4.69) is 10.3 Å². The molecule has 2 aliphatic carbocycles. The van der Waals surface area contributed by atoms with Crippen molar-refractivity contribution in [3.05, 3.63) is 72.9 Å². The third-order valence-corrected chi connectivity index (χ3v) is 6.16. The molecule has 0 aliphatic heterocycles. The number of hydrogen-bond acceptors (Lipinski definition) is 3. The summed E-state index contributed by atoms with van der Waals surface area (Å²) >= 11 is 0. The number of pyridine rings is 1. The maximum absolute atomic E-state index is 13.1. The van der Waals surface area contributed by atoms with Crippen LogP contribution in [0.5, 0.6) is 0 Å². The van der Waals surface area contributed by atoms with E-state index in [-0.39, 0.29) is 17.7 Å². The number of rotatable bonds is 4. The van der Waals surface area contributed by atoms with E-state index in [1.807, 2.05) is 66.7 Å². The molecule has 1 aromatic heterocycles. The molecule has 29 heavy (non-hydrogen) atoms. The van der Waals surface area contributed by atoms with Gasteiger partial charge in [-0.15, -0.1) is 0 Å². The molecule has 2 aromatic carbocycles. The molecule has 0 unspecified atom stereocenters. The summed E-state index contributed by atoms with van der Waals surface area (Å²) in [5, 5.41) is 13.5. The molecule has 2 N–H and O–H groups in total. The number of anilines is 1. The van der Waals surface area contributed by atoms with Gasteiger partial charge in [0.2, 0.25) is 5.91 Å². The Morgan fingerprint density at radius 1 is 0.931 bits per heavy atom. The summed E-state index contributed by atoms with van der Waals surface area (Å²) in [4.78, 5) is 29.3. The smallest absolute Gasteiger partial charge is 0.307 e. The fourth-order valence-corrected chi connectivity index (χ4v) is 4.88. The van der Waals surface area contributed by atoms with E-state index in [4.69, 9.17) is 0 Å². The fraction of sp³-hybridized carbons (Fsp3) is 0.208. The van der Waals surface area contributed by atoms with Crippen LogP contribution in [-0.4, -0.2) is 22.0 Å². The highest BCUT2D eigenvalue weighted by molar-refractivity contribution is 6.06. The number of amides is 1. The van der Waals surface area contributed by atoms with Crippen LogP contribution in [0.2, 0.25) is 0 Å². The largest absolute Gasteiger partial charge is 0.481 e. The Balaban J connectivity index is 1.51. The molecule has 3 aromatic rings. The number of carbonyl (C=O) groups is 2. The van der Waals surface area contributed by atoms with E-state index < -0.39 is 17.8 Å². The van der Waals surface area contributed by atoms with Crippen molar-refractivity contribution in [2.24, 2.45) is 23.7 Å². The van der Waals surface area contributed by atoms with Crippen LogP contribution in [0.3, 0.4) is 0 Å². The number of hydrogen-bond donors (Lipinski definition) is 2. The number of nitrogens with one attached hydrogen (secondary N) is 1. The Kier molecular flexibility index (Phi) is 4.16. The molecule has 2 aliphatic rings. The first-order valence-corrected chi connectivity index (χ1v) is 9.78. The van der Waals surface area contributed by atoms with Gasteiger partial charge in [-0.2, -0.15) is 0 Å². The quantitative estimate of drug-likeness (QED) is 0.655. The lowest BCUT2D eigenvalue weighted by molar-refractivity contribution is -0.146. The summed E-state index contributed by atoms with van der Waals surface area (Å²) in [6.07, 6.45) is 6.41. The van der Waals surface area contributed by atoms with Gasteiger partial charge in [0, 0.05) is 11.6 Å². The first kappa shape index (κ1) is 17.6. The predicted octanol–water partition coefficient (Wildman–Crippen LogP) is 4.36. The van der Waals surface area contributed by atoms with E-state index in [9.17, 15) is 14.7 Å². The number of allylic oxidation sites excluding steroid dienone is 2. The molecule has 4 atom stereocenters. The van der Waals surface area contributed by atoms with E-state index >= 15 is 0 Å². The molecule has 5 nitrogen and oxygen atoms in total.